The molecule has 1 saturated heterocycles. The van der Waals surface area contributed by atoms with Crippen LogP contribution < -0.4 is 15.2 Å². The molecule has 1 aliphatic rings. The summed E-state index contributed by atoms with van der Waals surface area (Å²) in [5.41, 5.74) is 5.63. The smallest absolute Gasteiger partial charge is 0.380 e. The number of aryl methyl sites for hydroxylation is 2. The van der Waals surface area contributed by atoms with E-state index in [9.17, 15) is 18.0 Å². The first kappa shape index (κ1) is 29.3. The summed E-state index contributed by atoms with van der Waals surface area (Å²) < 4.78 is 55.5. The number of carbonyl (C=O) groups excluding carboxylic acids is 1. The number of furan rings is 1. The molecule has 2 N–H and O–H groups in total. The van der Waals surface area contributed by atoms with Crippen LogP contribution in [0.5, 0.6) is 11.5 Å². The molecule has 198 valence electrons. The fourth-order valence-electron chi connectivity index (χ4n) is 3.71. The van der Waals surface area contributed by atoms with Gasteiger partial charge in [0.05, 0.1) is 14.2 Å². The number of carbonyl (C=O) groups is 1. The topological polar surface area (TPSA) is 77.9 Å². The molecule has 0 atom stereocenters. The summed E-state index contributed by atoms with van der Waals surface area (Å²) >= 11 is 5.68. The minimum atomic E-state index is -3.84. The molecular formula is C26H32ClF3N2O4. The van der Waals surface area contributed by atoms with Crippen molar-refractivity contribution in [3.05, 3.63) is 64.4 Å². The molecule has 0 saturated carbocycles. The van der Waals surface area contributed by atoms with E-state index in [0.717, 1.165) is 25.5 Å². The third-order valence-corrected chi connectivity index (χ3v) is 6.00. The quantitative estimate of drug-likeness (QED) is 0.394. The van der Waals surface area contributed by atoms with Crippen LogP contribution >= 0.6 is 11.6 Å². The number of primary amides is 1. The van der Waals surface area contributed by atoms with Gasteiger partial charge in [-0.1, -0.05) is 24.3 Å². The number of benzene rings is 1. The molecule has 1 fully saturated rings. The van der Waals surface area contributed by atoms with E-state index in [2.05, 4.69) is 17.2 Å². The second kappa shape index (κ2) is 13.4. The molecule has 3 rings (SSSR count). The number of rotatable bonds is 10. The van der Waals surface area contributed by atoms with Crippen molar-refractivity contribution in [3.8, 4) is 11.5 Å². The summed E-state index contributed by atoms with van der Waals surface area (Å²) in [4.78, 5) is 13.0. The largest absolute Gasteiger partial charge is 0.493 e. The van der Waals surface area contributed by atoms with Gasteiger partial charge in [-0.25, -0.2) is 4.39 Å². The van der Waals surface area contributed by atoms with Crippen LogP contribution in [0, 0.1) is 12.7 Å². The summed E-state index contributed by atoms with van der Waals surface area (Å²) in [5.74, 6) is -5.36. The third-order valence-electron chi connectivity index (χ3n) is 5.74. The van der Waals surface area contributed by atoms with Gasteiger partial charge < -0.3 is 24.5 Å². The van der Waals surface area contributed by atoms with Gasteiger partial charge >= 0.3 is 5.92 Å². The highest BCUT2D eigenvalue weighted by atomic mass is 35.5. The lowest BCUT2D eigenvalue weighted by Crippen LogP contribution is -2.32. The Morgan fingerprint density at radius 2 is 1.83 bits per heavy atom. The monoisotopic (exact) mass is 528 g/mol. The van der Waals surface area contributed by atoms with E-state index in [0.29, 0.717) is 22.6 Å². The Morgan fingerprint density at radius 3 is 2.39 bits per heavy atom. The molecule has 36 heavy (non-hydrogen) atoms. The molecule has 2 aromatic rings. The van der Waals surface area contributed by atoms with Gasteiger partial charge in [-0.2, -0.15) is 8.78 Å². The lowest BCUT2D eigenvalue weighted by molar-refractivity contribution is -0.145. The van der Waals surface area contributed by atoms with Crippen molar-refractivity contribution in [1.82, 2.24) is 4.90 Å². The van der Waals surface area contributed by atoms with E-state index >= 15 is 0 Å². The average molecular weight is 529 g/mol. The fraction of sp³-hybridized carbons (Fsp3) is 0.423. The van der Waals surface area contributed by atoms with Crippen LogP contribution in [0.3, 0.4) is 0 Å². The van der Waals surface area contributed by atoms with Crippen molar-refractivity contribution < 1.29 is 31.9 Å². The predicted molar refractivity (Wildman–Crippen MR) is 134 cm³/mol. The number of nitrogens with two attached hydrogens (primary N) is 1. The first-order valence-corrected chi connectivity index (χ1v) is 11.8. The van der Waals surface area contributed by atoms with E-state index < -0.39 is 17.6 Å². The number of nitrogens with zero attached hydrogens (tertiary/aromatic N) is 1. The average Bonchev–Trinajstić information content (AvgIpc) is 3.50. The van der Waals surface area contributed by atoms with Crippen LogP contribution in [0.15, 0.2) is 40.3 Å². The van der Waals surface area contributed by atoms with Crippen LogP contribution in [0.25, 0.3) is 6.08 Å². The zero-order chi connectivity index (χ0) is 26.9. The molecule has 0 aliphatic carbocycles. The van der Waals surface area contributed by atoms with Crippen molar-refractivity contribution >= 4 is 23.6 Å². The Kier molecular flexibility index (Phi) is 10.9. The Bertz CT molecular complexity index is 1080. The van der Waals surface area contributed by atoms with Crippen molar-refractivity contribution in [2.45, 2.75) is 38.5 Å². The molecular weight excluding hydrogens is 497 g/mol. The number of methoxy groups -OCH3 is 2. The third kappa shape index (κ3) is 7.80. The van der Waals surface area contributed by atoms with Gasteiger partial charge in [-0.15, -0.1) is 0 Å². The number of likely N-dealkylation sites (tertiary alicyclic amines) is 1. The van der Waals surface area contributed by atoms with Gasteiger partial charge in [0.2, 0.25) is 0 Å². The predicted octanol–water partition coefficient (Wildman–Crippen LogP) is 5.80. The molecule has 10 heteroatoms. The van der Waals surface area contributed by atoms with E-state index in [1.54, 1.807) is 13.2 Å². The minimum absolute atomic E-state index is 0.209. The van der Waals surface area contributed by atoms with Gasteiger partial charge in [-0.05, 0) is 76.0 Å². The van der Waals surface area contributed by atoms with Crippen LogP contribution in [-0.2, 0) is 17.1 Å². The molecule has 0 spiro atoms. The number of alkyl halides is 2. The first-order chi connectivity index (χ1) is 17.0. The molecule has 1 amide bonds. The number of hydrogen-bond donors (Lipinski definition) is 1. The summed E-state index contributed by atoms with van der Waals surface area (Å²) in [6.45, 7) is 8.32. The maximum absolute atomic E-state index is 13.9. The maximum atomic E-state index is 13.9. The highest BCUT2D eigenvalue weighted by Crippen LogP contribution is 2.32. The van der Waals surface area contributed by atoms with Crippen molar-refractivity contribution in [2.24, 2.45) is 5.73 Å². The van der Waals surface area contributed by atoms with Crippen molar-refractivity contribution in [3.63, 3.8) is 0 Å². The number of hydrogen-bond acceptors (Lipinski definition) is 5. The van der Waals surface area contributed by atoms with E-state index in [1.165, 1.54) is 58.2 Å². The van der Waals surface area contributed by atoms with Gasteiger partial charge in [0.15, 0.2) is 17.3 Å². The molecule has 0 bridgehead atoms. The van der Waals surface area contributed by atoms with Crippen LogP contribution in [0.2, 0.25) is 0 Å². The van der Waals surface area contributed by atoms with Gasteiger partial charge in [0.25, 0.3) is 5.91 Å². The second-order valence-electron chi connectivity index (χ2n) is 8.25. The summed E-state index contributed by atoms with van der Waals surface area (Å²) in [7, 11) is 3.09. The number of ether oxygens (including phenoxy) is 2. The molecule has 2 heterocycles. The summed E-state index contributed by atoms with van der Waals surface area (Å²) in [5, 5.41) is 0.267. The Labute approximate surface area is 214 Å². The van der Waals surface area contributed by atoms with E-state index in [4.69, 9.17) is 25.5 Å². The zero-order valence-electron chi connectivity index (χ0n) is 20.7. The molecule has 1 aromatic heterocycles. The van der Waals surface area contributed by atoms with E-state index in [1.807, 2.05) is 0 Å². The standard InChI is InChI=1S/C15H22FNO2.C11H10ClF2NO2/c1-18-14-10-12(13(16)11-15(14)19-2)6-5-9-17-7-3-4-8-17;1-3-8(12)4-7-5-9(17-6(7)2)11(13,14)10(15)16/h10-11H,3-9H2,1-2H3;3-5H,1H2,2H3,(H2,15,16)/b;8-4+. The Morgan fingerprint density at radius 1 is 1.22 bits per heavy atom. The normalized spacial score (nSPS) is 14.2. The first-order valence-electron chi connectivity index (χ1n) is 11.4. The molecule has 1 aliphatic heterocycles. The molecule has 6 nitrogen and oxygen atoms in total. The van der Waals surface area contributed by atoms with Crippen LogP contribution in [0.1, 0.15) is 41.9 Å². The number of allylic oxidation sites excluding steroid dienone is 2. The molecule has 1 aromatic carbocycles. The Balaban J connectivity index is 0.000000255. The van der Waals surface area contributed by atoms with Gasteiger partial charge in [0, 0.05) is 16.7 Å². The van der Waals surface area contributed by atoms with Crippen molar-refractivity contribution in [2.75, 3.05) is 33.9 Å². The fourth-order valence-corrected chi connectivity index (χ4v) is 3.83. The Hall–Kier alpha value is -2.91. The van der Waals surface area contributed by atoms with Gasteiger partial charge in [-0.3, -0.25) is 4.79 Å². The highest BCUT2D eigenvalue weighted by molar-refractivity contribution is 6.33. The lowest BCUT2D eigenvalue weighted by atomic mass is 10.1. The van der Waals surface area contributed by atoms with Crippen LogP contribution in [-0.4, -0.2) is 44.7 Å². The summed E-state index contributed by atoms with van der Waals surface area (Å²) in [6.07, 6.45) is 7.05. The summed E-state index contributed by atoms with van der Waals surface area (Å²) in [6, 6.07) is 4.17. The zero-order valence-corrected chi connectivity index (χ0v) is 21.5. The number of halogens is 4. The number of amides is 1. The second-order valence-corrected chi connectivity index (χ2v) is 8.68. The molecule has 0 unspecified atom stereocenters. The SMILES string of the molecule is C=C/C(Cl)=C\c1cc(C(F)(F)C(N)=O)oc1C.COc1cc(F)c(CCCN2CCCC2)cc1OC. The minimum Gasteiger partial charge on any atom is -0.493 e. The molecule has 0 radical (unpaired) electrons. The van der Waals surface area contributed by atoms with Gasteiger partial charge in [0.1, 0.15) is 11.6 Å². The maximum Gasteiger partial charge on any atom is 0.380 e. The lowest BCUT2D eigenvalue weighted by Gasteiger charge is -2.15. The van der Waals surface area contributed by atoms with Crippen LogP contribution in [0.4, 0.5) is 13.2 Å². The van der Waals surface area contributed by atoms with Crippen molar-refractivity contribution in [1.29, 1.82) is 0 Å². The highest BCUT2D eigenvalue weighted by Gasteiger charge is 2.42. The van der Waals surface area contributed by atoms with E-state index in [-0.39, 0.29) is 16.6 Å².